The molecule has 1 fully saturated rings. The Bertz CT molecular complexity index is 829. The first-order valence-corrected chi connectivity index (χ1v) is 10.1. The molecule has 0 radical (unpaired) electrons. The van der Waals surface area contributed by atoms with Crippen LogP contribution in [0.4, 0.5) is 0 Å². The van der Waals surface area contributed by atoms with Crippen molar-refractivity contribution in [3.05, 3.63) is 51.2 Å². The standard InChI is InChI=1S/C20H24N2O4S/c23-14-3-1-2-13(10-14)16(24)12-22-19(25)18-11-15-17(27-18)4-9-26-20(15)5-7-21-8-6-20/h1-3,10-11,16,21,23-24H,4-9,12H2,(H,22,25). The zero-order chi connectivity index (χ0) is 18.9. The number of piperidine rings is 1. The molecular formula is C20H24N2O4S. The minimum Gasteiger partial charge on any atom is -0.508 e. The first-order chi connectivity index (χ1) is 13.1. The Hall–Kier alpha value is -1.93. The second-order valence-electron chi connectivity index (χ2n) is 7.11. The molecule has 27 heavy (non-hydrogen) atoms. The lowest BCUT2D eigenvalue weighted by Crippen LogP contribution is -2.44. The number of hydrogen-bond donors (Lipinski definition) is 4. The van der Waals surface area contributed by atoms with E-state index in [1.165, 1.54) is 27.8 Å². The third kappa shape index (κ3) is 3.73. The average Bonchev–Trinajstić information content (AvgIpc) is 3.13. The average molecular weight is 388 g/mol. The maximum atomic E-state index is 12.6. The number of thiophene rings is 1. The van der Waals surface area contributed by atoms with Crippen LogP contribution >= 0.6 is 11.3 Å². The summed E-state index contributed by atoms with van der Waals surface area (Å²) in [7, 11) is 0. The number of phenols is 1. The lowest BCUT2D eigenvalue weighted by molar-refractivity contribution is -0.0792. The van der Waals surface area contributed by atoms with Crippen LogP contribution in [0.2, 0.25) is 0 Å². The van der Waals surface area contributed by atoms with Crippen LogP contribution in [0.15, 0.2) is 30.3 Å². The molecule has 2 aromatic rings. The summed E-state index contributed by atoms with van der Waals surface area (Å²) in [4.78, 5) is 14.5. The molecule has 1 unspecified atom stereocenters. The number of carbonyl (C=O) groups excluding carboxylic acids is 1. The number of aromatic hydroxyl groups is 1. The van der Waals surface area contributed by atoms with E-state index in [2.05, 4.69) is 10.6 Å². The number of fused-ring (bicyclic) bond motifs is 2. The smallest absolute Gasteiger partial charge is 0.261 e. The van der Waals surface area contributed by atoms with Gasteiger partial charge in [-0.2, -0.15) is 0 Å². The Morgan fingerprint density at radius 2 is 2.15 bits per heavy atom. The van der Waals surface area contributed by atoms with Crippen LogP contribution in [-0.2, 0) is 16.8 Å². The summed E-state index contributed by atoms with van der Waals surface area (Å²) in [6.07, 6.45) is 1.82. The number of amides is 1. The summed E-state index contributed by atoms with van der Waals surface area (Å²) in [5, 5.41) is 25.9. The van der Waals surface area contributed by atoms with E-state index in [1.54, 1.807) is 18.2 Å². The highest BCUT2D eigenvalue weighted by Crippen LogP contribution is 2.43. The molecule has 2 aliphatic rings. The van der Waals surface area contributed by atoms with Gasteiger partial charge in [0.2, 0.25) is 0 Å². The molecule has 1 spiro atoms. The molecule has 4 rings (SSSR count). The first-order valence-electron chi connectivity index (χ1n) is 9.30. The number of carbonyl (C=O) groups is 1. The van der Waals surface area contributed by atoms with E-state index in [0.717, 1.165) is 32.4 Å². The number of phenolic OH excluding ortho intramolecular Hbond substituents is 1. The lowest BCUT2D eigenvalue weighted by Gasteiger charge is -2.40. The highest BCUT2D eigenvalue weighted by molar-refractivity contribution is 7.14. The summed E-state index contributed by atoms with van der Waals surface area (Å²) >= 11 is 1.53. The molecule has 1 aromatic carbocycles. The molecule has 1 saturated heterocycles. The molecule has 144 valence electrons. The number of aliphatic hydroxyl groups is 1. The van der Waals surface area contributed by atoms with Crippen LogP contribution < -0.4 is 10.6 Å². The Kier molecular flexibility index (Phi) is 5.19. The fourth-order valence-electron chi connectivity index (χ4n) is 3.90. The topological polar surface area (TPSA) is 90.8 Å². The van der Waals surface area contributed by atoms with Crippen molar-refractivity contribution >= 4 is 17.2 Å². The zero-order valence-corrected chi connectivity index (χ0v) is 15.8. The van der Waals surface area contributed by atoms with Gasteiger partial charge in [-0.25, -0.2) is 0 Å². The first kappa shape index (κ1) is 18.4. The molecule has 2 aliphatic heterocycles. The van der Waals surface area contributed by atoms with E-state index in [9.17, 15) is 15.0 Å². The Morgan fingerprint density at radius 3 is 2.93 bits per heavy atom. The Balaban J connectivity index is 1.45. The molecule has 4 N–H and O–H groups in total. The summed E-state index contributed by atoms with van der Waals surface area (Å²) in [5.41, 5.74) is 1.48. The highest BCUT2D eigenvalue weighted by Gasteiger charge is 2.40. The van der Waals surface area contributed by atoms with Crippen molar-refractivity contribution in [2.45, 2.75) is 31.0 Å². The Morgan fingerprint density at radius 1 is 1.33 bits per heavy atom. The van der Waals surface area contributed by atoms with Gasteiger partial charge in [0.15, 0.2) is 0 Å². The maximum Gasteiger partial charge on any atom is 0.261 e. The third-order valence-corrected chi connectivity index (χ3v) is 6.55. The molecule has 1 aromatic heterocycles. The lowest BCUT2D eigenvalue weighted by atomic mass is 9.83. The predicted octanol–water partition coefficient (Wildman–Crippen LogP) is 2.07. The second kappa shape index (κ2) is 7.59. The summed E-state index contributed by atoms with van der Waals surface area (Å²) in [6.45, 7) is 2.64. The quantitative estimate of drug-likeness (QED) is 0.644. The van der Waals surface area contributed by atoms with Gasteiger partial charge in [0.05, 0.1) is 23.2 Å². The normalized spacial score (nSPS) is 19.4. The fourth-order valence-corrected chi connectivity index (χ4v) is 5.05. The molecule has 0 bridgehead atoms. The van der Waals surface area contributed by atoms with Gasteiger partial charge in [-0.05, 0) is 55.3 Å². The zero-order valence-electron chi connectivity index (χ0n) is 15.0. The van der Waals surface area contributed by atoms with Gasteiger partial charge in [0, 0.05) is 17.8 Å². The van der Waals surface area contributed by atoms with Gasteiger partial charge in [0.1, 0.15) is 5.75 Å². The third-order valence-electron chi connectivity index (χ3n) is 5.35. The van der Waals surface area contributed by atoms with Crippen molar-refractivity contribution in [2.75, 3.05) is 26.2 Å². The number of ether oxygens (including phenoxy) is 1. The molecule has 7 heteroatoms. The van der Waals surface area contributed by atoms with Crippen LogP contribution in [-0.4, -0.2) is 42.4 Å². The minimum atomic E-state index is -0.866. The molecule has 1 atom stereocenters. The van der Waals surface area contributed by atoms with Crippen LogP contribution in [0, 0.1) is 0 Å². The number of rotatable bonds is 4. The van der Waals surface area contributed by atoms with Gasteiger partial charge in [0.25, 0.3) is 5.91 Å². The van der Waals surface area contributed by atoms with E-state index >= 15 is 0 Å². The summed E-state index contributed by atoms with van der Waals surface area (Å²) in [6, 6.07) is 8.41. The van der Waals surface area contributed by atoms with Crippen LogP contribution in [0.1, 0.15) is 44.6 Å². The molecule has 0 aliphatic carbocycles. The van der Waals surface area contributed by atoms with E-state index in [1.807, 2.05) is 6.07 Å². The number of benzene rings is 1. The summed E-state index contributed by atoms with van der Waals surface area (Å²) in [5.74, 6) is -0.0891. The van der Waals surface area contributed by atoms with Crippen molar-refractivity contribution in [1.82, 2.24) is 10.6 Å². The SMILES string of the molecule is O=C(NCC(O)c1cccc(O)c1)c1cc2c(s1)CCOC21CCNCC1. The maximum absolute atomic E-state index is 12.6. The van der Waals surface area contributed by atoms with Crippen molar-refractivity contribution in [1.29, 1.82) is 0 Å². The summed E-state index contributed by atoms with van der Waals surface area (Å²) < 4.78 is 6.16. The molecule has 0 saturated carbocycles. The van der Waals surface area contributed by atoms with Crippen LogP contribution in [0.5, 0.6) is 5.75 Å². The van der Waals surface area contributed by atoms with E-state index < -0.39 is 6.10 Å². The van der Waals surface area contributed by atoms with Gasteiger partial charge in [-0.1, -0.05) is 12.1 Å². The van der Waals surface area contributed by atoms with Crippen molar-refractivity contribution in [2.24, 2.45) is 0 Å². The van der Waals surface area contributed by atoms with E-state index in [4.69, 9.17) is 4.74 Å². The number of hydrogen-bond acceptors (Lipinski definition) is 6. The molecular weight excluding hydrogens is 364 g/mol. The molecule has 1 amide bonds. The number of aliphatic hydroxyl groups excluding tert-OH is 1. The largest absolute Gasteiger partial charge is 0.508 e. The van der Waals surface area contributed by atoms with E-state index in [0.29, 0.717) is 17.0 Å². The van der Waals surface area contributed by atoms with E-state index in [-0.39, 0.29) is 23.8 Å². The fraction of sp³-hybridized carbons (Fsp3) is 0.450. The van der Waals surface area contributed by atoms with Gasteiger partial charge < -0.3 is 25.6 Å². The van der Waals surface area contributed by atoms with Crippen molar-refractivity contribution in [3.63, 3.8) is 0 Å². The molecule has 6 nitrogen and oxygen atoms in total. The van der Waals surface area contributed by atoms with Crippen molar-refractivity contribution in [3.8, 4) is 5.75 Å². The Labute approximate surface area is 162 Å². The number of nitrogens with one attached hydrogen (secondary N) is 2. The van der Waals surface area contributed by atoms with Crippen LogP contribution in [0.3, 0.4) is 0 Å². The minimum absolute atomic E-state index is 0.0936. The monoisotopic (exact) mass is 388 g/mol. The highest BCUT2D eigenvalue weighted by atomic mass is 32.1. The molecule has 3 heterocycles. The van der Waals surface area contributed by atoms with Crippen LogP contribution in [0.25, 0.3) is 0 Å². The van der Waals surface area contributed by atoms with Crippen molar-refractivity contribution < 1.29 is 19.7 Å². The predicted molar refractivity (Wildman–Crippen MR) is 103 cm³/mol. The van der Waals surface area contributed by atoms with Gasteiger partial charge in [-0.15, -0.1) is 11.3 Å². The van der Waals surface area contributed by atoms with Gasteiger partial charge in [-0.3, -0.25) is 4.79 Å². The second-order valence-corrected chi connectivity index (χ2v) is 8.25. The van der Waals surface area contributed by atoms with Gasteiger partial charge >= 0.3 is 0 Å².